The number of ketones is 1. The van der Waals surface area contributed by atoms with Gasteiger partial charge in [0.2, 0.25) is 0 Å². The maximum Gasteiger partial charge on any atom is 0.167 e. The number of aliphatic hydroxyl groups excluding tert-OH is 1. The topological polar surface area (TPSA) is 37.3 Å². The molecule has 1 unspecified atom stereocenters. The fraction of sp³-hybridized carbons (Fsp3) is 0.462. The molecule has 1 rings (SSSR count). The first-order valence-corrected chi connectivity index (χ1v) is 5.31. The van der Waals surface area contributed by atoms with E-state index in [0.29, 0.717) is 11.5 Å². The molecule has 0 amide bonds. The Morgan fingerprint density at radius 2 is 1.73 bits per heavy atom. The Balaban J connectivity index is 2.84. The Morgan fingerprint density at radius 1 is 1.20 bits per heavy atom. The van der Waals surface area contributed by atoms with Crippen LogP contribution in [0.25, 0.3) is 0 Å². The van der Waals surface area contributed by atoms with Crippen molar-refractivity contribution in [2.24, 2.45) is 5.92 Å². The van der Waals surface area contributed by atoms with Crippen LogP contribution < -0.4 is 0 Å². The molecule has 0 spiro atoms. The van der Waals surface area contributed by atoms with E-state index in [2.05, 4.69) is 13.8 Å². The lowest BCUT2D eigenvalue weighted by Gasteiger charge is -2.09. The van der Waals surface area contributed by atoms with Crippen LogP contribution in [0, 0.1) is 5.92 Å². The van der Waals surface area contributed by atoms with Crippen LogP contribution in [0.4, 0.5) is 0 Å². The van der Waals surface area contributed by atoms with Gasteiger partial charge in [-0.15, -0.1) is 0 Å². The first-order valence-electron chi connectivity index (χ1n) is 5.31. The van der Waals surface area contributed by atoms with Gasteiger partial charge in [-0.2, -0.15) is 0 Å². The zero-order valence-corrected chi connectivity index (χ0v) is 9.53. The van der Waals surface area contributed by atoms with Crippen molar-refractivity contribution in [3.63, 3.8) is 0 Å². The Kier molecular flexibility index (Phi) is 4.04. The summed E-state index contributed by atoms with van der Waals surface area (Å²) >= 11 is 0. The van der Waals surface area contributed by atoms with Gasteiger partial charge >= 0.3 is 0 Å². The highest BCUT2D eigenvalue weighted by Gasteiger charge is 2.13. The van der Waals surface area contributed by atoms with E-state index in [1.54, 1.807) is 6.92 Å². The molecule has 0 radical (unpaired) electrons. The molecule has 1 aromatic rings. The Hall–Kier alpha value is -1.15. The average Bonchev–Trinajstić information content (AvgIpc) is 2.27. The monoisotopic (exact) mass is 206 g/mol. The van der Waals surface area contributed by atoms with E-state index < -0.39 is 0 Å². The quantitative estimate of drug-likeness (QED) is 0.769. The number of benzene rings is 1. The standard InChI is InChI=1S/C13H18O2/c1-9(2)11-4-6-12(7-5-11)13(15)10(3)8-14/h4-7,9-10,14H,8H2,1-3H3. The largest absolute Gasteiger partial charge is 0.396 e. The van der Waals surface area contributed by atoms with E-state index in [-0.39, 0.29) is 18.3 Å². The maximum absolute atomic E-state index is 11.7. The molecule has 0 aromatic heterocycles. The molecule has 82 valence electrons. The van der Waals surface area contributed by atoms with Crippen molar-refractivity contribution in [1.82, 2.24) is 0 Å². The van der Waals surface area contributed by atoms with E-state index >= 15 is 0 Å². The molecule has 0 aliphatic heterocycles. The van der Waals surface area contributed by atoms with E-state index in [0.717, 1.165) is 0 Å². The molecule has 2 heteroatoms. The maximum atomic E-state index is 11.7. The lowest BCUT2D eigenvalue weighted by Crippen LogP contribution is -2.14. The van der Waals surface area contributed by atoms with Crippen molar-refractivity contribution in [2.75, 3.05) is 6.61 Å². The van der Waals surface area contributed by atoms with E-state index in [1.807, 2.05) is 24.3 Å². The summed E-state index contributed by atoms with van der Waals surface area (Å²) in [5.74, 6) is 0.173. The van der Waals surface area contributed by atoms with Gasteiger partial charge in [0.05, 0.1) is 6.61 Å². The summed E-state index contributed by atoms with van der Waals surface area (Å²) in [6.07, 6.45) is 0. The van der Waals surface area contributed by atoms with Crippen molar-refractivity contribution in [3.8, 4) is 0 Å². The Labute approximate surface area is 90.9 Å². The zero-order valence-electron chi connectivity index (χ0n) is 9.53. The van der Waals surface area contributed by atoms with Gasteiger partial charge in [-0.1, -0.05) is 45.0 Å². The molecule has 0 bridgehead atoms. The minimum Gasteiger partial charge on any atom is -0.396 e. The van der Waals surface area contributed by atoms with Crippen LogP contribution in [0.2, 0.25) is 0 Å². The molecular formula is C13H18O2. The minimum absolute atomic E-state index is 0.00723. The van der Waals surface area contributed by atoms with Crippen LogP contribution in [-0.2, 0) is 0 Å². The van der Waals surface area contributed by atoms with Gasteiger partial charge in [-0.25, -0.2) is 0 Å². The van der Waals surface area contributed by atoms with Crippen LogP contribution in [-0.4, -0.2) is 17.5 Å². The summed E-state index contributed by atoms with van der Waals surface area (Å²) in [7, 11) is 0. The van der Waals surface area contributed by atoms with Crippen molar-refractivity contribution in [1.29, 1.82) is 0 Å². The van der Waals surface area contributed by atoms with Gasteiger partial charge in [0.15, 0.2) is 5.78 Å². The molecule has 0 aliphatic carbocycles. The molecule has 0 aliphatic rings. The second kappa shape index (κ2) is 5.08. The summed E-state index contributed by atoms with van der Waals surface area (Å²) in [5.41, 5.74) is 1.91. The normalized spacial score (nSPS) is 12.9. The van der Waals surface area contributed by atoms with Gasteiger partial charge in [-0.3, -0.25) is 4.79 Å². The number of aliphatic hydroxyl groups is 1. The third-order valence-electron chi connectivity index (χ3n) is 2.58. The number of carbonyl (C=O) groups excluding carboxylic acids is 1. The van der Waals surface area contributed by atoms with E-state index in [4.69, 9.17) is 5.11 Å². The zero-order chi connectivity index (χ0) is 11.4. The molecule has 0 saturated heterocycles. The van der Waals surface area contributed by atoms with Gasteiger partial charge in [-0.05, 0) is 11.5 Å². The van der Waals surface area contributed by atoms with E-state index in [1.165, 1.54) is 5.56 Å². The van der Waals surface area contributed by atoms with Crippen molar-refractivity contribution in [2.45, 2.75) is 26.7 Å². The Bertz CT molecular complexity index is 325. The van der Waals surface area contributed by atoms with Gasteiger partial charge < -0.3 is 5.11 Å². The van der Waals surface area contributed by atoms with E-state index in [9.17, 15) is 4.79 Å². The van der Waals surface area contributed by atoms with Crippen molar-refractivity contribution in [3.05, 3.63) is 35.4 Å². The number of hydrogen-bond donors (Lipinski definition) is 1. The highest BCUT2D eigenvalue weighted by Crippen LogP contribution is 2.16. The predicted molar refractivity (Wildman–Crippen MR) is 61.1 cm³/mol. The highest BCUT2D eigenvalue weighted by atomic mass is 16.3. The minimum atomic E-state index is -0.310. The Morgan fingerprint density at radius 3 is 2.13 bits per heavy atom. The molecule has 1 aromatic carbocycles. The lowest BCUT2D eigenvalue weighted by atomic mass is 9.96. The number of hydrogen-bond acceptors (Lipinski definition) is 2. The second-order valence-corrected chi connectivity index (χ2v) is 4.22. The van der Waals surface area contributed by atoms with Gasteiger partial charge in [0.25, 0.3) is 0 Å². The SMILES string of the molecule is CC(CO)C(=O)c1ccc(C(C)C)cc1. The van der Waals surface area contributed by atoms with Crippen LogP contribution in [0.5, 0.6) is 0 Å². The van der Waals surface area contributed by atoms with Crippen LogP contribution >= 0.6 is 0 Å². The van der Waals surface area contributed by atoms with Gasteiger partial charge in [0, 0.05) is 11.5 Å². The molecular weight excluding hydrogens is 188 g/mol. The number of rotatable bonds is 4. The molecule has 0 fully saturated rings. The average molecular weight is 206 g/mol. The van der Waals surface area contributed by atoms with Crippen molar-refractivity contribution >= 4 is 5.78 Å². The highest BCUT2D eigenvalue weighted by molar-refractivity contribution is 5.97. The summed E-state index contributed by atoms with van der Waals surface area (Å²) in [5, 5.41) is 8.89. The van der Waals surface area contributed by atoms with Crippen molar-refractivity contribution < 1.29 is 9.90 Å². The summed E-state index contributed by atoms with van der Waals surface area (Å²) in [6.45, 7) is 5.88. The fourth-order valence-electron chi connectivity index (χ4n) is 1.40. The number of Topliss-reactive ketones (excluding diaryl/α,β-unsaturated/α-hetero) is 1. The first kappa shape index (κ1) is 11.9. The molecule has 2 nitrogen and oxygen atoms in total. The van der Waals surface area contributed by atoms with Crippen LogP contribution in [0.1, 0.15) is 42.6 Å². The molecule has 0 heterocycles. The fourth-order valence-corrected chi connectivity index (χ4v) is 1.40. The summed E-state index contributed by atoms with van der Waals surface area (Å²) < 4.78 is 0. The molecule has 1 N–H and O–H groups in total. The first-order chi connectivity index (χ1) is 7.06. The smallest absolute Gasteiger partial charge is 0.167 e. The van der Waals surface area contributed by atoms with Crippen LogP contribution in [0.3, 0.4) is 0 Å². The molecule has 0 saturated carbocycles. The second-order valence-electron chi connectivity index (χ2n) is 4.22. The number of carbonyl (C=O) groups is 1. The van der Waals surface area contributed by atoms with Crippen LogP contribution in [0.15, 0.2) is 24.3 Å². The molecule has 15 heavy (non-hydrogen) atoms. The van der Waals surface area contributed by atoms with Gasteiger partial charge in [0.1, 0.15) is 0 Å². The third-order valence-corrected chi connectivity index (χ3v) is 2.58. The summed E-state index contributed by atoms with van der Waals surface area (Å²) in [6, 6.07) is 7.62. The summed E-state index contributed by atoms with van der Waals surface area (Å²) in [4.78, 5) is 11.7. The predicted octanol–water partition coefficient (Wildman–Crippen LogP) is 2.62. The third kappa shape index (κ3) is 2.90. The lowest BCUT2D eigenvalue weighted by molar-refractivity contribution is 0.0877. The molecule has 1 atom stereocenters.